The van der Waals surface area contributed by atoms with Crippen molar-refractivity contribution in [1.29, 1.82) is 0 Å². The quantitative estimate of drug-likeness (QED) is 0.485. The molecule has 8 heteroatoms. The van der Waals surface area contributed by atoms with Gasteiger partial charge in [-0.2, -0.15) is 0 Å². The number of benzene rings is 2. The Bertz CT molecular complexity index is 962. The molecular weight excluding hydrogens is 408 g/mol. The summed E-state index contributed by atoms with van der Waals surface area (Å²) in [7, 11) is 0. The average molecular weight is 429 g/mol. The highest BCUT2D eigenvalue weighted by Gasteiger charge is 2.09. The molecular formula is C21H21ClN4O2S. The Morgan fingerprint density at radius 1 is 1.00 bits per heavy atom. The maximum absolute atomic E-state index is 12.0. The predicted octanol–water partition coefficient (Wildman–Crippen LogP) is 4.73. The number of halogens is 1. The molecule has 0 atom stereocenters. The summed E-state index contributed by atoms with van der Waals surface area (Å²) >= 11 is 7.22. The Hall–Kier alpha value is -2.90. The van der Waals surface area contributed by atoms with Gasteiger partial charge in [-0.15, -0.1) is 11.3 Å². The fraction of sp³-hybridized carbons (Fsp3) is 0.190. The van der Waals surface area contributed by atoms with Crippen molar-refractivity contribution in [3.8, 4) is 0 Å². The van der Waals surface area contributed by atoms with Gasteiger partial charge in [0.2, 0.25) is 5.91 Å². The van der Waals surface area contributed by atoms with Crippen molar-refractivity contribution < 1.29 is 9.59 Å². The first-order valence-corrected chi connectivity index (χ1v) is 10.4. The van der Waals surface area contributed by atoms with Crippen LogP contribution in [0.15, 0.2) is 60.0 Å². The van der Waals surface area contributed by atoms with E-state index in [0.29, 0.717) is 35.2 Å². The minimum absolute atomic E-state index is 0.0119. The van der Waals surface area contributed by atoms with E-state index in [1.807, 2.05) is 35.7 Å². The van der Waals surface area contributed by atoms with Crippen molar-refractivity contribution in [3.63, 3.8) is 0 Å². The first-order chi connectivity index (χ1) is 14.1. The van der Waals surface area contributed by atoms with E-state index in [0.717, 1.165) is 12.1 Å². The molecule has 2 aromatic carbocycles. The zero-order valence-corrected chi connectivity index (χ0v) is 17.2. The van der Waals surface area contributed by atoms with E-state index >= 15 is 0 Å². The van der Waals surface area contributed by atoms with Crippen LogP contribution in [0.1, 0.15) is 17.7 Å². The monoisotopic (exact) mass is 428 g/mol. The molecule has 0 bridgehead atoms. The number of carbonyl (C=O) groups is 2. The van der Waals surface area contributed by atoms with E-state index < -0.39 is 6.03 Å². The molecule has 1 aromatic heterocycles. The highest BCUT2D eigenvalue weighted by atomic mass is 35.5. The molecule has 0 fully saturated rings. The number of hydrogen-bond donors (Lipinski definition) is 3. The minimum atomic E-state index is -0.396. The number of nitrogens with zero attached hydrogens (tertiary/aromatic N) is 1. The molecule has 0 saturated carbocycles. The van der Waals surface area contributed by atoms with Gasteiger partial charge in [-0.05, 0) is 36.6 Å². The third-order valence-corrected chi connectivity index (χ3v) is 5.08. The highest BCUT2D eigenvalue weighted by molar-refractivity contribution is 7.13. The number of anilines is 2. The Morgan fingerprint density at radius 2 is 1.83 bits per heavy atom. The van der Waals surface area contributed by atoms with Crippen LogP contribution >= 0.6 is 22.9 Å². The Balaban J connectivity index is 1.38. The first-order valence-electron chi connectivity index (χ1n) is 9.17. The number of aromatic nitrogens is 1. The normalized spacial score (nSPS) is 10.4. The van der Waals surface area contributed by atoms with Crippen molar-refractivity contribution >= 4 is 45.7 Å². The maximum atomic E-state index is 12.0. The molecule has 29 heavy (non-hydrogen) atoms. The number of thiazole rings is 1. The van der Waals surface area contributed by atoms with Crippen LogP contribution < -0.4 is 16.0 Å². The molecule has 0 spiro atoms. The summed E-state index contributed by atoms with van der Waals surface area (Å²) in [5.41, 5.74) is 2.56. The number of rotatable bonds is 8. The zero-order chi connectivity index (χ0) is 20.5. The van der Waals surface area contributed by atoms with Crippen LogP contribution in [0, 0.1) is 0 Å². The molecule has 3 N–H and O–H groups in total. The van der Waals surface area contributed by atoms with Gasteiger partial charge in [0.15, 0.2) is 5.13 Å². The second kappa shape index (κ2) is 10.6. The SMILES string of the molecule is O=C(CCc1csc(NC(=O)Nc2cccc(Cl)c2)n1)NCCc1ccccc1. The third-order valence-electron chi connectivity index (χ3n) is 4.04. The van der Waals surface area contributed by atoms with Gasteiger partial charge in [0.25, 0.3) is 0 Å². The smallest absolute Gasteiger partial charge is 0.325 e. The summed E-state index contributed by atoms with van der Waals surface area (Å²) in [6, 6.07) is 16.5. The van der Waals surface area contributed by atoms with Crippen LogP contribution in [-0.2, 0) is 17.6 Å². The van der Waals surface area contributed by atoms with Gasteiger partial charge in [0.1, 0.15) is 0 Å². The molecule has 6 nitrogen and oxygen atoms in total. The van der Waals surface area contributed by atoms with Crippen LogP contribution in [0.4, 0.5) is 15.6 Å². The van der Waals surface area contributed by atoms with Crippen LogP contribution in [0.25, 0.3) is 0 Å². The summed E-state index contributed by atoms with van der Waals surface area (Å²) in [5, 5.41) is 11.2. The van der Waals surface area contributed by atoms with Gasteiger partial charge in [0.05, 0.1) is 5.69 Å². The number of hydrogen-bond acceptors (Lipinski definition) is 4. The molecule has 1 heterocycles. The molecule has 0 radical (unpaired) electrons. The fourth-order valence-electron chi connectivity index (χ4n) is 2.63. The molecule has 0 aliphatic carbocycles. The van der Waals surface area contributed by atoms with Crippen LogP contribution in [0.5, 0.6) is 0 Å². The molecule has 3 amide bonds. The van der Waals surface area contributed by atoms with Gasteiger partial charge in [-0.1, -0.05) is 48.0 Å². The lowest BCUT2D eigenvalue weighted by atomic mass is 10.1. The van der Waals surface area contributed by atoms with Crippen molar-refractivity contribution in [1.82, 2.24) is 10.3 Å². The van der Waals surface area contributed by atoms with Crippen molar-refractivity contribution in [2.24, 2.45) is 0 Å². The average Bonchev–Trinajstić information content (AvgIpc) is 3.14. The van der Waals surface area contributed by atoms with Gasteiger partial charge in [-0.3, -0.25) is 10.1 Å². The van der Waals surface area contributed by atoms with Crippen molar-refractivity contribution in [2.75, 3.05) is 17.2 Å². The molecule has 0 aliphatic heterocycles. The lowest BCUT2D eigenvalue weighted by molar-refractivity contribution is -0.121. The largest absolute Gasteiger partial charge is 0.356 e. The Labute approximate surface area is 178 Å². The lowest BCUT2D eigenvalue weighted by Gasteiger charge is -2.05. The Kier molecular flexibility index (Phi) is 7.61. The van der Waals surface area contributed by atoms with Crippen LogP contribution in [-0.4, -0.2) is 23.5 Å². The van der Waals surface area contributed by atoms with E-state index in [9.17, 15) is 9.59 Å². The molecule has 0 saturated heterocycles. The number of aryl methyl sites for hydroxylation is 1. The third kappa shape index (κ3) is 7.21. The molecule has 0 aliphatic rings. The van der Waals surface area contributed by atoms with Crippen molar-refractivity contribution in [3.05, 3.63) is 76.3 Å². The number of urea groups is 1. The number of carbonyl (C=O) groups excluding carboxylic acids is 2. The summed E-state index contributed by atoms with van der Waals surface area (Å²) in [4.78, 5) is 28.4. The van der Waals surface area contributed by atoms with E-state index in [2.05, 4.69) is 20.9 Å². The predicted molar refractivity (Wildman–Crippen MR) is 118 cm³/mol. The fourth-order valence-corrected chi connectivity index (χ4v) is 3.56. The number of amides is 3. The standard InChI is InChI=1S/C21H21ClN4O2S/c22-16-7-4-8-17(13-16)24-20(28)26-21-25-18(14-29-21)9-10-19(27)23-12-11-15-5-2-1-3-6-15/h1-8,13-14H,9-12H2,(H,23,27)(H2,24,25,26,28). The second-order valence-corrected chi connectivity index (χ2v) is 7.61. The molecule has 3 rings (SSSR count). The minimum Gasteiger partial charge on any atom is -0.356 e. The van der Waals surface area contributed by atoms with Crippen molar-refractivity contribution in [2.45, 2.75) is 19.3 Å². The van der Waals surface area contributed by atoms with E-state index in [1.165, 1.54) is 16.9 Å². The molecule has 3 aromatic rings. The lowest BCUT2D eigenvalue weighted by Crippen LogP contribution is -2.25. The maximum Gasteiger partial charge on any atom is 0.325 e. The van der Waals surface area contributed by atoms with E-state index in [4.69, 9.17) is 11.6 Å². The van der Waals surface area contributed by atoms with Crippen LogP contribution in [0.2, 0.25) is 5.02 Å². The molecule has 150 valence electrons. The summed E-state index contributed by atoms with van der Waals surface area (Å²) in [5.74, 6) is -0.0119. The summed E-state index contributed by atoms with van der Waals surface area (Å²) in [6.07, 6.45) is 1.68. The first kappa shape index (κ1) is 20.8. The highest BCUT2D eigenvalue weighted by Crippen LogP contribution is 2.18. The van der Waals surface area contributed by atoms with Gasteiger partial charge < -0.3 is 10.6 Å². The summed E-state index contributed by atoms with van der Waals surface area (Å²) < 4.78 is 0. The summed E-state index contributed by atoms with van der Waals surface area (Å²) in [6.45, 7) is 0.608. The second-order valence-electron chi connectivity index (χ2n) is 6.32. The van der Waals surface area contributed by atoms with Crippen LogP contribution in [0.3, 0.4) is 0 Å². The topological polar surface area (TPSA) is 83.1 Å². The number of nitrogens with one attached hydrogen (secondary N) is 3. The van der Waals surface area contributed by atoms with E-state index in [1.54, 1.807) is 24.3 Å². The van der Waals surface area contributed by atoms with Gasteiger partial charge >= 0.3 is 6.03 Å². The molecule has 0 unspecified atom stereocenters. The van der Waals surface area contributed by atoms with Gasteiger partial charge in [0, 0.05) is 29.1 Å². The van der Waals surface area contributed by atoms with E-state index in [-0.39, 0.29) is 5.91 Å². The Morgan fingerprint density at radius 3 is 2.62 bits per heavy atom. The zero-order valence-electron chi connectivity index (χ0n) is 15.7. The van der Waals surface area contributed by atoms with Gasteiger partial charge in [-0.25, -0.2) is 9.78 Å².